The smallest absolute Gasteiger partial charge is 0.359 e. The Labute approximate surface area is 158 Å². The van der Waals surface area contributed by atoms with Gasteiger partial charge in [-0.1, -0.05) is 0 Å². The molecule has 1 amide bonds. The maximum Gasteiger partial charge on any atom is 0.359 e. The van der Waals surface area contributed by atoms with Gasteiger partial charge < -0.3 is 20.7 Å². The van der Waals surface area contributed by atoms with Crippen LogP contribution in [-0.4, -0.2) is 51.0 Å². The summed E-state index contributed by atoms with van der Waals surface area (Å²) in [5.41, 5.74) is 1.45. The molecule has 0 spiro atoms. The topological polar surface area (TPSA) is 123 Å². The third-order valence-electron chi connectivity index (χ3n) is 4.10. The van der Waals surface area contributed by atoms with Crippen molar-refractivity contribution in [2.45, 2.75) is 18.9 Å². The molecule has 140 valence electrons. The van der Waals surface area contributed by atoms with Crippen LogP contribution in [0.3, 0.4) is 0 Å². The van der Waals surface area contributed by atoms with E-state index in [2.05, 4.69) is 30.4 Å². The molecular weight excluding hydrogens is 370 g/mol. The van der Waals surface area contributed by atoms with E-state index in [1.54, 1.807) is 23.0 Å². The molecular formula is C16H17N7O3S. The van der Waals surface area contributed by atoms with Crippen molar-refractivity contribution in [1.29, 1.82) is 0 Å². The van der Waals surface area contributed by atoms with E-state index in [4.69, 9.17) is 4.74 Å². The van der Waals surface area contributed by atoms with Crippen LogP contribution in [0.2, 0.25) is 0 Å². The molecule has 1 saturated carbocycles. The van der Waals surface area contributed by atoms with Gasteiger partial charge in [0.25, 0.3) is 5.91 Å². The number of carbonyl (C=O) groups excluding carboxylic acids is 2. The average molecular weight is 387 g/mol. The first-order chi connectivity index (χ1) is 13.1. The van der Waals surface area contributed by atoms with Gasteiger partial charge in [-0.3, -0.25) is 4.79 Å². The number of fused-ring (bicyclic) bond motifs is 1. The number of carbonyl (C=O) groups is 2. The van der Waals surface area contributed by atoms with Crippen LogP contribution >= 0.6 is 11.5 Å². The Balaban J connectivity index is 1.72. The van der Waals surface area contributed by atoms with Gasteiger partial charge in [0, 0.05) is 24.5 Å². The van der Waals surface area contributed by atoms with Crippen molar-refractivity contribution >= 4 is 46.4 Å². The molecule has 3 aromatic heterocycles. The summed E-state index contributed by atoms with van der Waals surface area (Å²) in [5, 5.41) is 15.0. The fraction of sp³-hybridized carbons (Fsp3) is 0.312. The van der Waals surface area contributed by atoms with Crippen molar-refractivity contribution in [1.82, 2.24) is 24.3 Å². The largest absolute Gasteiger partial charge is 0.464 e. The van der Waals surface area contributed by atoms with Crippen molar-refractivity contribution in [3.8, 4) is 0 Å². The summed E-state index contributed by atoms with van der Waals surface area (Å²) in [6.07, 6.45) is 3.49. The molecule has 0 unspecified atom stereocenters. The third kappa shape index (κ3) is 3.28. The minimum Gasteiger partial charge on any atom is -0.464 e. The second-order valence-corrected chi connectivity index (χ2v) is 6.64. The lowest BCUT2D eigenvalue weighted by atomic mass is 10.3. The summed E-state index contributed by atoms with van der Waals surface area (Å²) in [6.45, 7) is 0. The van der Waals surface area contributed by atoms with Crippen LogP contribution in [0.5, 0.6) is 0 Å². The minimum atomic E-state index is -0.539. The first-order valence-corrected chi connectivity index (χ1v) is 9.11. The van der Waals surface area contributed by atoms with E-state index in [-0.39, 0.29) is 17.6 Å². The van der Waals surface area contributed by atoms with Crippen molar-refractivity contribution in [2.75, 3.05) is 24.8 Å². The maximum absolute atomic E-state index is 12.5. The highest BCUT2D eigenvalue weighted by atomic mass is 32.1. The molecule has 3 N–H and O–H groups in total. The summed E-state index contributed by atoms with van der Waals surface area (Å²) < 4.78 is 10.3. The number of esters is 1. The summed E-state index contributed by atoms with van der Waals surface area (Å²) in [5.74, 6) is 0.336. The molecule has 0 bridgehead atoms. The zero-order valence-electron chi connectivity index (χ0n) is 14.6. The van der Waals surface area contributed by atoms with Gasteiger partial charge in [0.05, 0.1) is 19.0 Å². The molecule has 27 heavy (non-hydrogen) atoms. The van der Waals surface area contributed by atoms with Gasteiger partial charge >= 0.3 is 5.97 Å². The Kier molecular flexibility index (Phi) is 4.36. The standard InChI is InChI=1S/C16H17N7O3S/c1-17-12-5-11(20-10-7-27-22-13(10)16(25)26-2)21-14-9(6-18-23(12)14)15(24)19-8-3-4-8/h5-8,17H,3-4H2,1-2H3,(H,19,24)(H,20,21). The second-order valence-electron chi connectivity index (χ2n) is 6.01. The molecule has 1 fully saturated rings. The zero-order valence-corrected chi connectivity index (χ0v) is 15.5. The fourth-order valence-corrected chi connectivity index (χ4v) is 3.17. The predicted molar refractivity (Wildman–Crippen MR) is 99.8 cm³/mol. The molecule has 3 aromatic rings. The number of nitrogens with zero attached hydrogens (tertiary/aromatic N) is 4. The van der Waals surface area contributed by atoms with Crippen LogP contribution in [0.1, 0.15) is 33.7 Å². The number of hydrogen-bond acceptors (Lipinski definition) is 9. The summed E-state index contributed by atoms with van der Waals surface area (Å²) in [7, 11) is 3.04. The van der Waals surface area contributed by atoms with E-state index < -0.39 is 5.97 Å². The third-order valence-corrected chi connectivity index (χ3v) is 4.73. The van der Waals surface area contributed by atoms with Crippen molar-refractivity contribution < 1.29 is 14.3 Å². The lowest BCUT2D eigenvalue weighted by Gasteiger charge is -2.10. The highest BCUT2D eigenvalue weighted by Crippen LogP contribution is 2.26. The lowest BCUT2D eigenvalue weighted by Crippen LogP contribution is -2.25. The van der Waals surface area contributed by atoms with Crippen LogP contribution in [0, 0.1) is 0 Å². The van der Waals surface area contributed by atoms with E-state index in [9.17, 15) is 9.59 Å². The van der Waals surface area contributed by atoms with E-state index >= 15 is 0 Å². The van der Waals surface area contributed by atoms with Crippen LogP contribution in [-0.2, 0) is 4.74 Å². The van der Waals surface area contributed by atoms with Crippen LogP contribution in [0.25, 0.3) is 5.65 Å². The SMILES string of the molecule is CNc1cc(Nc2csnc2C(=O)OC)nc2c(C(=O)NC3CC3)cnn12. The highest BCUT2D eigenvalue weighted by molar-refractivity contribution is 7.04. The average Bonchev–Trinajstić information content (AvgIpc) is 3.19. The van der Waals surface area contributed by atoms with Crippen molar-refractivity contribution in [3.05, 3.63) is 28.9 Å². The molecule has 11 heteroatoms. The molecule has 0 radical (unpaired) electrons. The first-order valence-electron chi connectivity index (χ1n) is 8.28. The summed E-state index contributed by atoms with van der Waals surface area (Å²) in [6, 6.07) is 1.96. The Morgan fingerprint density at radius 2 is 2.19 bits per heavy atom. The van der Waals surface area contributed by atoms with Crippen LogP contribution in [0.15, 0.2) is 17.6 Å². The van der Waals surface area contributed by atoms with Crippen LogP contribution in [0.4, 0.5) is 17.3 Å². The van der Waals surface area contributed by atoms with Gasteiger partial charge in [-0.15, -0.1) is 0 Å². The number of anilines is 3. The number of amides is 1. The lowest BCUT2D eigenvalue weighted by molar-refractivity contribution is 0.0596. The van der Waals surface area contributed by atoms with Crippen molar-refractivity contribution in [2.24, 2.45) is 0 Å². The normalized spacial score (nSPS) is 13.4. The number of rotatable bonds is 6. The molecule has 0 saturated heterocycles. The molecule has 0 atom stereocenters. The monoisotopic (exact) mass is 387 g/mol. The zero-order chi connectivity index (χ0) is 19.0. The van der Waals surface area contributed by atoms with E-state index in [0.717, 1.165) is 24.4 Å². The Morgan fingerprint density at radius 3 is 2.89 bits per heavy atom. The molecule has 3 heterocycles. The van der Waals surface area contributed by atoms with Gasteiger partial charge in [-0.2, -0.15) is 14.0 Å². The molecule has 0 aliphatic heterocycles. The Morgan fingerprint density at radius 1 is 1.37 bits per heavy atom. The Hall–Kier alpha value is -3.21. The van der Waals surface area contributed by atoms with Crippen molar-refractivity contribution in [3.63, 3.8) is 0 Å². The molecule has 10 nitrogen and oxygen atoms in total. The van der Waals surface area contributed by atoms with Crippen LogP contribution < -0.4 is 16.0 Å². The molecule has 1 aliphatic rings. The number of aromatic nitrogens is 4. The van der Waals surface area contributed by atoms with E-state index in [0.29, 0.717) is 28.5 Å². The quantitative estimate of drug-likeness (QED) is 0.546. The van der Waals surface area contributed by atoms with Gasteiger partial charge in [-0.25, -0.2) is 9.78 Å². The van der Waals surface area contributed by atoms with Gasteiger partial charge in [0.15, 0.2) is 11.3 Å². The second kappa shape index (κ2) is 6.83. The molecule has 1 aliphatic carbocycles. The number of methoxy groups -OCH3 is 1. The van der Waals surface area contributed by atoms with E-state index in [1.165, 1.54) is 13.3 Å². The number of hydrogen-bond donors (Lipinski definition) is 3. The van der Waals surface area contributed by atoms with E-state index in [1.807, 2.05) is 0 Å². The predicted octanol–water partition coefficient (Wildman–Crippen LogP) is 1.65. The summed E-state index contributed by atoms with van der Waals surface area (Å²) in [4.78, 5) is 28.8. The number of nitrogens with one attached hydrogen (secondary N) is 3. The Bertz CT molecular complexity index is 1020. The molecule has 4 rings (SSSR count). The molecule has 0 aromatic carbocycles. The first kappa shape index (κ1) is 17.2. The summed E-state index contributed by atoms with van der Waals surface area (Å²) >= 11 is 1.13. The number of ether oxygens (including phenoxy) is 1. The maximum atomic E-state index is 12.5. The van der Waals surface area contributed by atoms with Gasteiger partial charge in [0.1, 0.15) is 17.2 Å². The van der Waals surface area contributed by atoms with Gasteiger partial charge in [-0.05, 0) is 24.4 Å². The van der Waals surface area contributed by atoms with Gasteiger partial charge in [0.2, 0.25) is 0 Å². The fourth-order valence-electron chi connectivity index (χ4n) is 2.56. The highest BCUT2D eigenvalue weighted by Gasteiger charge is 2.26. The minimum absolute atomic E-state index is 0.176.